The highest BCUT2D eigenvalue weighted by Crippen LogP contribution is 2.66. The van der Waals surface area contributed by atoms with Crippen molar-refractivity contribution in [1.29, 1.82) is 0 Å². The van der Waals surface area contributed by atoms with E-state index in [1.165, 1.54) is 24.1 Å². The van der Waals surface area contributed by atoms with Crippen molar-refractivity contribution in [3.63, 3.8) is 0 Å². The van der Waals surface area contributed by atoms with Gasteiger partial charge in [0, 0.05) is 5.41 Å². The third-order valence-corrected chi connectivity index (χ3v) is 22.3. The van der Waals surface area contributed by atoms with Gasteiger partial charge in [-0.2, -0.15) is 16.8 Å². The maximum absolute atomic E-state index is 13.9. The second-order valence-corrected chi connectivity index (χ2v) is 28.7. The summed E-state index contributed by atoms with van der Waals surface area (Å²) in [5.74, 6) is 1.80. The SMILES string of the molecule is CCC(C)(C)c1ccc(S(=O)(=O)c2ccc(Oc3ccc(C45CC6CC(C4)CC(c4ccc(OC(C)C(C)(CC)c7ccc(S(=O)(=O)c8ccc(C)cc8)cc7)cc4)(C6)C5)cc3)c(S(=O)(=O)O)c2)cc1S(=O)(=O)O. The third-order valence-electron chi connectivity index (χ3n) is 17.0. The Bertz CT molecular complexity index is 3560. The second-order valence-electron chi connectivity index (χ2n) is 22.0. The van der Waals surface area contributed by atoms with E-state index in [2.05, 4.69) is 45.0 Å². The van der Waals surface area contributed by atoms with Gasteiger partial charge in [-0.05, 0) is 194 Å². The maximum Gasteiger partial charge on any atom is 0.298 e. The van der Waals surface area contributed by atoms with Gasteiger partial charge >= 0.3 is 0 Å². The molecule has 0 amide bonds. The van der Waals surface area contributed by atoms with Gasteiger partial charge in [-0.15, -0.1) is 0 Å². The Morgan fingerprint density at radius 1 is 0.568 bits per heavy atom. The molecule has 4 aliphatic carbocycles. The number of rotatable bonds is 17. The summed E-state index contributed by atoms with van der Waals surface area (Å²) in [4.78, 5) is -1.90. The van der Waals surface area contributed by atoms with Gasteiger partial charge in [0.2, 0.25) is 19.7 Å². The lowest BCUT2D eigenvalue weighted by Crippen LogP contribution is -2.55. The van der Waals surface area contributed by atoms with Crippen LogP contribution in [0.5, 0.6) is 17.2 Å². The summed E-state index contributed by atoms with van der Waals surface area (Å²) in [6.45, 7) is 13.6. The Morgan fingerprint density at radius 2 is 1.01 bits per heavy atom. The molecule has 74 heavy (non-hydrogen) atoms. The Labute approximate surface area is 436 Å². The predicted octanol–water partition coefficient (Wildman–Crippen LogP) is 12.6. The second kappa shape index (κ2) is 19.0. The number of aryl methyl sites for hydroxylation is 1. The van der Waals surface area contributed by atoms with Gasteiger partial charge in [-0.3, -0.25) is 9.11 Å². The number of hydrogen-bond acceptors (Lipinski definition) is 10. The van der Waals surface area contributed by atoms with E-state index in [0.29, 0.717) is 18.3 Å². The Balaban J connectivity index is 0.913. The summed E-state index contributed by atoms with van der Waals surface area (Å²) in [6, 6.07) is 36.6. The minimum Gasteiger partial charge on any atom is -0.490 e. The van der Waals surface area contributed by atoms with E-state index in [0.717, 1.165) is 85.2 Å². The molecule has 2 N–H and O–H groups in total. The fourth-order valence-corrected chi connectivity index (χ4v) is 16.7. The summed E-state index contributed by atoms with van der Waals surface area (Å²) in [6.07, 6.45) is 7.45. The standard InChI is InChI=1S/C58H64O12S4/c1-8-55(5,6)51-28-26-49(31-53(51)73(63,64)65)72(61,62)50-27-29-52(54(32-50)74(66,67)68)70-46-20-14-44(15-21-46)58-35-40-30-41(36-58)34-57(33-40,37-58)43-12-18-45(19-13-43)69-39(4)56(7,9-2)42-16-24-48(25-17-42)71(59,60)47-22-10-38(3)11-23-47/h10-29,31-32,39-41H,8-9,30,33-37H2,1-7H3,(H,63,64,65)(H,66,67,68). The summed E-state index contributed by atoms with van der Waals surface area (Å²) in [7, 11) is -18.1. The summed E-state index contributed by atoms with van der Waals surface area (Å²) in [5, 5.41) is 0. The van der Waals surface area contributed by atoms with E-state index >= 15 is 0 Å². The van der Waals surface area contributed by atoms with Gasteiger partial charge in [0.25, 0.3) is 20.2 Å². The van der Waals surface area contributed by atoms with Gasteiger partial charge in [-0.1, -0.05) is 94.8 Å². The zero-order valence-corrected chi connectivity index (χ0v) is 46.0. The van der Waals surface area contributed by atoms with Crippen LogP contribution in [0.4, 0.5) is 0 Å². The minimum atomic E-state index is -5.04. The molecular formula is C58H64O12S4. The molecule has 0 spiro atoms. The van der Waals surface area contributed by atoms with Crippen molar-refractivity contribution in [3.8, 4) is 17.2 Å². The van der Waals surface area contributed by atoms with Gasteiger partial charge < -0.3 is 9.47 Å². The molecule has 4 fully saturated rings. The molecule has 6 aromatic carbocycles. The molecule has 0 heterocycles. The van der Waals surface area contributed by atoms with Gasteiger partial charge in [0.05, 0.1) is 24.5 Å². The van der Waals surface area contributed by atoms with Gasteiger partial charge in [-0.25, -0.2) is 16.8 Å². The van der Waals surface area contributed by atoms with Crippen LogP contribution in [-0.4, -0.2) is 48.9 Å². The smallest absolute Gasteiger partial charge is 0.298 e. The predicted molar refractivity (Wildman–Crippen MR) is 283 cm³/mol. The molecule has 16 heteroatoms. The lowest BCUT2D eigenvalue weighted by atomic mass is 9.42. The van der Waals surface area contributed by atoms with Crippen molar-refractivity contribution in [2.24, 2.45) is 11.8 Å². The molecule has 4 bridgehead atoms. The molecule has 4 saturated carbocycles. The van der Waals surface area contributed by atoms with Crippen molar-refractivity contribution in [3.05, 3.63) is 161 Å². The number of hydrogen-bond donors (Lipinski definition) is 2. The van der Waals surface area contributed by atoms with Crippen LogP contribution in [-0.2, 0) is 61.6 Å². The van der Waals surface area contributed by atoms with Gasteiger partial charge in [0.1, 0.15) is 28.2 Å². The van der Waals surface area contributed by atoms with Crippen molar-refractivity contribution in [2.75, 3.05) is 0 Å². The van der Waals surface area contributed by atoms with E-state index in [1.807, 2.05) is 38.1 Å². The number of benzene rings is 6. The van der Waals surface area contributed by atoms with Crippen LogP contribution in [0.1, 0.15) is 121 Å². The quantitative estimate of drug-likeness (QED) is 0.0822. The molecule has 0 saturated heterocycles. The summed E-state index contributed by atoms with van der Waals surface area (Å²) < 4.78 is 138. The highest BCUT2D eigenvalue weighted by atomic mass is 32.2. The summed E-state index contributed by atoms with van der Waals surface area (Å²) in [5.41, 5.74) is 3.38. The molecule has 10 rings (SSSR count). The fourth-order valence-electron chi connectivity index (χ4n) is 12.5. The number of sulfone groups is 2. The maximum atomic E-state index is 13.9. The third kappa shape index (κ3) is 9.86. The van der Waals surface area contributed by atoms with Crippen LogP contribution >= 0.6 is 0 Å². The van der Waals surface area contributed by atoms with Crippen LogP contribution in [0.25, 0.3) is 0 Å². The van der Waals surface area contributed by atoms with Crippen LogP contribution in [0.15, 0.2) is 163 Å². The van der Waals surface area contributed by atoms with Crippen molar-refractivity contribution in [1.82, 2.24) is 0 Å². The lowest BCUT2D eigenvalue weighted by molar-refractivity contribution is -0.0281. The zero-order chi connectivity index (χ0) is 53.4. The molecule has 4 unspecified atom stereocenters. The largest absolute Gasteiger partial charge is 0.490 e. The Hall–Kier alpha value is -5.36. The molecule has 0 aliphatic heterocycles. The van der Waals surface area contributed by atoms with E-state index in [4.69, 9.17) is 9.47 Å². The molecule has 0 aromatic heterocycles. The lowest BCUT2D eigenvalue weighted by Gasteiger charge is -2.62. The first-order valence-electron chi connectivity index (χ1n) is 25.1. The van der Waals surface area contributed by atoms with Crippen molar-refractivity contribution in [2.45, 2.75) is 157 Å². The average Bonchev–Trinajstić information content (AvgIpc) is 3.35. The molecular weight excluding hydrogens is 1020 g/mol. The van der Waals surface area contributed by atoms with E-state index < -0.39 is 70.3 Å². The van der Waals surface area contributed by atoms with Crippen LogP contribution in [0.3, 0.4) is 0 Å². The first kappa shape index (κ1) is 53.5. The first-order valence-corrected chi connectivity index (χ1v) is 30.9. The highest BCUT2D eigenvalue weighted by Gasteiger charge is 2.58. The molecule has 4 atom stereocenters. The monoisotopic (exact) mass is 1080 g/mol. The molecule has 6 aromatic rings. The average molecular weight is 1080 g/mol. The molecule has 12 nitrogen and oxygen atoms in total. The van der Waals surface area contributed by atoms with Crippen LogP contribution in [0, 0.1) is 18.8 Å². The van der Waals surface area contributed by atoms with Crippen LogP contribution < -0.4 is 9.47 Å². The minimum absolute atomic E-state index is 0.0312. The van der Waals surface area contributed by atoms with E-state index in [-0.39, 0.29) is 43.8 Å². The van der Waals surface area contributed by atoms with Crippen molar-refractivity contribution < 1.29 is 52.3 Å². The van der Waals surface area contributed by atoms with E-state index in [9.17, 15) is 42.8 Å². The Morgan fingerprint density at radius 3 is 1.50 bits per heavy atom. The molecule has 4 aliphatic rings. The topological polar surface area (TPSA) is 195 Å². The molecule has 0 radical (unpaired) electrons. The fraction of sp³-hybridized carbons (Fsp3) is 0.379. The Kier molecular flexibility index (Phi) is 13.7. The zero-order valence-electron chi connectivity index (χ0n) is 42.7. The van der Waals surface area contributed by atoms with Crippen LogP contribution in [0.2, 0.25) is 0 Å². The normalized spacial score (nSPS) is 22.2. The van der Waals surface area contributed by atoms with Crippen molar-refractivity contribution >= 4 is 39.9 Å². The first-order chi connectivity index (χ1) is 34.6. The molecule has 392 valence electrons. The van der Waals surface area contributed by atoms with E-state index in [1.54, 1.807) is 62.4 Å². The summed E-state index contributed by atoms with van der Waals surface area (Å²) >= 11 is 0. The highest BCUT2D eigenvalue weighted by molar-refractivity contribution is 7.92. The number of ether oxygens (including phenoxy) is 2. The van der Waals surface area contributed by atoms with Gasteiger partial charge in [0.15, 0.2) is 0 Å².